The molecule has 0 radical (unpaired) electrons. The topological polar surface area (TPSA) is 85.4 Å². The number of ether oxygens (including phenoxy) is 1. The van der Waals surface area contributed by atoms with Crippen molar-refractivity contribution < 1.29 is 17.9 Å². The van der Waals surface area contributed by atoms with Gasteiger partial charge in [0.05, 0.1) is 17.5 Å². The van der Waals surface area contributed by atoms with E-state index in [0.29, 0.717) is 11.4 Å². The van der Waals surface area contributed by atoms with Crippen LogP contribution >= 0.6 is 15.9 Å². The van der Waals surface area contributed by atoms with Crippen LogP contribution in [0.1, 0.15) is 16.1 Å². The number of rotatable bonds is 5. The number of nitrogens with zero attached hydrogens (tertiary/aromatic N) is 1. The highest BCUT2D eigenvalue weighted by Crippen LogP contribution is 2.18. The van der Waals surface area contributed by atoms with Gasteiger partial charge >= 0.3 is 0 Å². The van der Waals surface area contributed by atoms with Gasteiger partial charge in [0, 0.05) is 10.7 Å². The second kappa shape index (κ2) is 6.89. The molecule has 2 aromatic rings. The molecule has 1 amide bonds. The first-order valence-corrected chi connectivity index (χ1v) is 8.87. The Morgan fingerprint density at radius 2 is 2.09 bits per heavy atom. The monoisotopic (exact) mass is 384 g/mol. The van der Waals surface area contributed by atoms with E-state index in [9.17, 15) is 13.2 Å². The molecule has 116 valence electrons. The zero-order valence-corrected chi connectivity index (χ0v) is 14.0. The Labute approximate surface area is 136 Å². The zero-order valence-electron chi connectivity index (χ0n) is 11.6. The number of hydrogen-bond donors (Lipinski definition) is 1. The SMILES string of the molecule is CS(=O)(=O)NC(=O)c1ccc(COc2cccc(Br)c2)nc1. The number of carbonyl (C=O) groups excluding carboxylic acids is 1. The number of halogens is 1. The number of carbonyl (C=O) groups is 1. The van der Waals surface area contributed by atoms with Crippen molar-refractivity contribution >= 4 is 31.9 Å². The quantitative estimate of drug-likeness (QED) is 0.852. The Bertz CT molecular complexity index is 776. The number of aromatic nitrogens is 1. The summed E-state index contributed by atoms with van der Waals surface area (Å²) in [5.74, 6) is -0.0236. The molecule has 0 atom stereocenters. The average Bonchev–Trinajstić information content (AvgIpc) is 2.44. The molecule has 1 N–H and O–H groups in total. The summed E-state index contributed by atoms with van der Waals surface area (Å²) >= 11 is 3.35. The predicted molar refractivity (Wildman–Crippen MR) is 85.0 cm³/mol. The molecule has 1 heterocycles. The van der Waals surface area contributed by atoms with Crippen LogP contribution in [0.25, 0.3) is 0 Å². The predicted octanol–water partition coefficient (Wildman–Crippen LogP) is 2.11. The Hall–Kier alpha value is -1.93. The second-order valence-electron chi connectivity index (χ2n) is 4.49. The number of pyridine rings is 1. The van der Waals surface area contributed by atoms with Crippen LogP contribution in [0.4, 0.5) is 0 Å². The summed E-state index contributed by atoms with van der Waals surface area (Å²) in [7, 11) is -3.59. The normalized spacial score (nSPS) is 11.0. The molecule has 0 spiro atoms. The van der Waals surface area contributed by atoms with E-state index in [0.717, 1.165) is 10.7 Å². The van der Waals surface area contributed by atoms with Crippen molar-refractivity contribution in [3.05, 3.63) is 58.3 Å². The first-order valence-electron chi connectivity index (χ1n) is 6.19. The molecule has 8 heteroatoms. The van der Waals surface area contributed by atoms with Crippen molar-refractivity contribution in [2.75, 3.05) is 6.26 Å². The maximum Gasteiger partial charge on any atom is 0.266 e. The van der Waals surface area contributed by atoms with Crippen LogP contribution in [0.15, 0.2) is 47.1 Å². The average molecular weight is 385 g/mol. The van der Waals surface area contributed by atoms with E-state index in [1.807, 2.05) is 29.0 Å². The van der Waals surface area contributed by atoms with Crippen molar-refractivity contribution in [3.8, 4) is 5.75 Å². The highest BCUT2D eigenvalue weighted by Gasteiger charge is 2.11. The molecule has 0 aliphatic heterocycles. The van der Waals surface area contributed by atoms with E-state index in [1.54, 1.807) is 6.07 Å². The van der Waals surface area contributed by atoms with Gasteiger partial charge in [0.2, 0.25) is 10.0 Å². The van der Waals surface area contributed by atoms with Crippen molar-refractivity contribution in [1.29, 1.82) is 0 Å². The summed E-state index contributed by atoms with van der Waals surface area (Å²) in [6.07, 6.45) is 2.22. The second-order valence-corrected chi connectivity index (χ2v) is 7.15. The van der Waals surface area contributed by atoms with Crippen LogP contribution in [-0.4, -0.2) is 25.6 Å². The number of benzene rings is 1. The molecule has 1 aromatic carbocycles. The Balaban J connectivity index is 1.99. The van der Waals surface area contributed by atoms with E-state index in [1.165, 1.54) is 12.3 Å². The van der Waals surface area contributed by atoms with Gasteiger partial charge in [-0.1, -0.05) is 22.0 Å². The third kappa shape index (κ3) is 5.12. The Morgan fingerprint density at radius 1 is 1.32 bits per heavy atom. The largest absolute Gasteiger partial charge is 0.487 e. The summed E-state index contributed by atoms with van der Waals surface area (Å²) in [6, 6.07) is 10.5. The van der Waals surface area contributed by atoms with Gasteiger partial charge in [-0.05, 0) is 30.3 Å². The fourth-order valence-electron chi connectivity index (χ4n) is 1.59. The maximum absolute atomic E-state index is 11.6. The lowest BCUT2D eigenvalue weighted by atomic mass is 10.2. The third-order valence-corrected chi connectivity index (χ3v) is 3.60. The van der Waals surface area contributed by atoms with Gasteiger partial charge in [-0.2, -0.15) is 0 Å². The minimum absolute atomic E-state index is 0.164. The van der Waals surface area contributed by atoms with Crippen LogP contribution in [-0.2, 0) is 16.6 Å². The highest BCUT2D eigenvalue weighted by molar-refractivity contribution is 9.10. The third-order valence-electron chi connectivity index (χ3n) is 2.55. The standard InChI is InChI=1S/C14H13BrN2O4S/c1-22(19,20)17-14(18)10-5-6-12(16-8-10)9-21-13-4-2-3-11(15)7-13/h2-8H,9H2,1H3,(H,17,18). The maximum atomic E-state index is 11.6. The van der Waals surface area contributed by atoms with Crippen molar-refractivity contribution in [1.82, 2.24) is 9.71 Å². The summed E-state index contributed by atoms with van der Waals surface area (Å²) in [4.78, 5) is 15.7. The van der Waals surface area contributed by atoms with Crippen LogP contribution in [0.5, 0.6) is 5.75 Å². The number of hydrogen-bond acceptors (Lipinski definition) is 5. The van der Waals surface area contributed by atoms with Crippen LogP contribution in [0.2, 0.25) is 0 Å². The van der Waals surface area contributed by atoms with Crippen LogP contribution in [0.3, 0.4) is 0 Å². The van der Waals surface area contributed by atoms with E-state index >= 15 is 0 Å². The smallest absolute Gasteiger partial charge is 0.266 e. The lowest BCUT2D eigenvalue weighted by Crippen LogP contribution is -2.29. The van der Waals surface area contributed by atoms with E-state index in [-0.39, 0.29) is 12.2 Å². The number of nitrogens with one attached hydrogen (secondary N) is 1. The molecule has 22 heavy (non-hydrogen) atoms. The first-order chi connectivity index (χ1) is 10.3. The van der Waals surface area contributed by atoms with Gasteiger partial charge in [0.1, 0.15) is 12.4 Å². The summed E-state index contributed by atoms with van der Waals surface area (Å²) < 4.78 is 30.3. The van der Waals surface area contributed by atoms with Gasteiger partial charge in [0.15, 0.2) is 0 Å². The fraction of sp³-hybridized carbons (Fsp3) is 0.143. The molecule has 2 rings (SSSR count). The molecule has 1 aromatic heterocycles. The number of sulfonamides is 1. The molecular weight excluding hydrogens is 372 g/mol. The molecule has 6 nitrogen and oxygen atoms in total. The van der Waals surface area contributed by atoms with Crippen LogP contribution in [0, 0.1) is 0 Å². The fourth-order valence-corrected chi connectivity index (χ4v) is 2.42. The van der Waals surface area contributed by atoms with E-state index in [2.05, 4.69) is 20.9 Å². The van der Waals surface area contributed by atoms with Crippen molar-refractivity contribution in [3.63, 3.8) is 0 Å². The van der Waals surface area contributed by atoms with Crippen molar-refractivity contribution in [2.24, 2.45) is 0 Å². The lowest BCUT2D eigenvalue weighted by molar-refractivity contribution is 0.0981. The van der Waals surface area contributed by atoms with Gasteiger partial charge in [-0.15, -0.1) is 0 Å². The zero-order chi connectivity index (χ0) is 16.2. The Morgan fingerprint density at radius 3 is 2.68 bits per heavy atom. The summed E-state index contributed by atoms with van der Waals surface area (Å²) in [6.45, 7) is 0.241. The van der Waals surface area contributed by atoms with Gasteiger partial charge in [0.25, 0.3) is 5.91 Å². The molecule has 0 saturated carbocycles. The minimum Gasteiger partial charge on any atom is -0.487 e. The molecule has 0 aliphatic carbocycles. The first kappa shape index (κ1) is 16.4. The van der Waals surface area contributed by atoms with E-state index < -0.39 is 15.9 Å². The molecule has 0 bridgehead atoms. The summed E-state index contributed by atoms with van der Waals surface area (Å²) in [5.41, 5.74) is 0.785. The van der Waals surface area contributed by atoms with E-state index in [4.69, 9.17) is 4.74 Å². The molecule has 0 fully saturated rings. The molecule has 0 aliphatic rings. The van der Waals surface area contributed by atoms with Gasteiger partial charge in [-0.3, -0.25) is 9.78 Å². The van der Waals surface area contributed by atoms with Crippen LogP contribution < -0.4 is 9.46 Å². The van der Waals surface area contributed by atoms with Gasteiger partial charge in [-0.25, -0.2) is 13.1 Å². The highest BCUT2D eigenvalue weighted by atomic mass is 79.9. The lowest BCUT2D eigenvalue weighted by Gasteiger charge is -2.07. The van der Waals surface area contributed by atoms with Crippen molar-refractivity contribution in [2.45, 2.75) is 6.61 Å². The molecular formula is C14H13BrN2O4S. The van der Waals surface area contributed by atoms with Gasteiger partial charge < -0.3 is 4.74 Å². The Kier molecular flexibility index (Phi) is 5.15. The minimum atomic E-state index is -3.59. The number of amides is 1. The summed E-state index contributed by atoms with van der Waals surface area (Å²) in [5, 5.41) is 0. The molecule has 0 saturated heterocycles. The molecule has 0 unspecified atom stereocenters.